The highest BCUT2D eigenvalue weighted by atomic mass is 79.9. The Hall–Kier alpha value is -2.75. The van der Waals surface area contributed by atoms with E-state index in [1.165, 1.54) is 24.1 Å². The van der Waals surface area contributed by atoms with Gasteiger partial charge in [0.15, 0.2) is 5.82 Å². The number of fused-ring (bicyclic) bond motifs is 1. The lowest BCUT2D eigenvalue weighted by molar-refractivity contribution is -0.388. The first-order chi connectivity index (χ1) is 11.8. The molecule has 0 aliphatic heterocycles. The van der Waals surface area contributed by atoms with Crippen molar-refractivity contribution in [2.45, 2.75) is 0 Å². The Morgan fingerprint density at radius 2 is 2.00 bits per heavy atom. The van der Waals surface area contributed by atoms with Gasteiger partial charge in [-0.3, -0.25) is 10.1 Å². The van der Waals surface area contributed by atoms with E-state index in [0.29, 0.717) is 11.0 Å². The Labute approximate surface area is 148 Å². The molecule has 3 aromatic rings. The molecule has 0 N–H and O–H groups in total. The highest BCUT2D eigenvalue weighted by Gasteiger charge is 2.28. The molecule has 25 heavy (non-hydrogen) atoms. The summed E-state index contributed by atoms with van der Waals surface area (Å²) < 4.78 is 40.0. The van der Waals surface area contributed by atoms with Gasteiger partial charge in [0, 0.05) is 25.2 Å². The van der Waals surface area contributed by atoms with E-state index in [9.17, 15) is 18.9 Å². The Balaban J connectivity index is 2.09. The van der Waals surface area contributed by atoms with Crippen LogP contribution in [0.5, 0.6) is 17.2 Å². The van der Waals surface area contributed by atoms with E-state index in [1.807, 2.05) is 0 Å². The Kier molecular flexibility index (Phi) is 4.29. The number of halogens is 3. The molecule has 0 atom stereocenters. The Morgan fingerprint density at radius 3 is 2.64 bits per heavy atom. The molecule has 7 nitrogen and oxygen atoms in total. The predicted molar refractivity (Wildman–Crippen MR) is 88.1 cm³/mol. The van der Waals surface area contributed by atoms with Crippen LogP contribution in [0.2, 0.25) is 0 Å². The van der Waals surface area contributed by atoms with Crippen molar-refractivity contribution >= 4 is 32.7 Å². The summed E-state index contributed by atoms with van der Waals surface area (Å²) in [7, 11) is 2.81. The predicted octanol–water partition coefficient (Wildman–Crippen LogP) is 4.32. The lowest BCUT2D eigenvalue weighted by Crippen LogP contribution is -2.00. The van der Waals surface area contributed by atoms with Gasteiger partial charge < -0.3 is 14.0 Å². The third-order valence-electron chi connectivity index (χ3n) is 3.48. The third kappa shape index (κ3) is 2.88. The van der Waals surface area contributed by atoms with Gasteiger partial charge in [0.05, 0.1) is 23.9 Å². The first-order valence-electron chi connectivity index (χ1n) is 6.82. The molecule has 0 radical (unpaired) electrons. The average molecular weight is 414 g/mol. The number of hydrogen-bond donors (Lipinski definition) is 0. The maximum atomic E-state index is 14.3. The van der Waals surface area contributed by atoms with Gasteiger partial charge in [-0.05, 0) is 15.9 Å². The van der Waals surface area contributed by atoms with Crippen LogP contribution in [-0.4, -0.2) is 21.6 Å². The fraction of sp³-hybridized carbons (Fsp3) is 0.133. The topological polar surface area (TPSA) is 79.4 Å². The van der Waals surface area contributed by atoms with Crippen LogP contribution in [0.1, 0.15) is 0 Å². The standard InChI is InChI=1S/C15H10BrF2N3O4/c1-20-6-19-9-4-7(3-8(17)14(9)20)25-10-5-11(24-2)15(21(22)23)13(18)12(10)16/h3-6H,1-2H3. The molecule has 0 aliphatic rings. The van der Waals surface area contributed by atoms with E-state index >= 15 is 0 Å². The van der Waals surface area contributed by atoms with Gasteiger partial charge in [0.25, 0.3) is 0 Å². The van der Waals surface area contributed by atoms with Gasteiger partial charge in [-0.15, -0.1) is 0 Å². The van der Waals surface area contributed by atoms with Crippen LogP contribution in [0.15, 0.2) is 29.0 Å². The van der Waals surface area contributed by atoms with Crippen molar-refractivity contribution in [2.24, 2.45) is 7.05 Å². The maximum Gasteiger partial charge on any atom is 0.347 e. The average Bonchev–Trinajstić information content (AvgIpc) is 2.92. The third-order valence-corrected chi connectivity index (χ3v) is 4.22. The lowest BCUT2D eigenvalue weighted by Gasteiger charge is -2.11. The second kappa shape index (κ2) is 6.28. The number of methoxy groups -OCH3 is 1. The normalized spacial score (nSPS) is 10.9. The van der Waals surface area contributed by atoms with Gasteiger partial charge in [0.2, 0.25) is 11.6 Å². The van der Waals surface area contributed by atoms with Crippen LogP contribution < -0.4 is 9.47 Å². The molecule has 0 spiro atoms. The molecule has 0 fully saturated rings. The van der Waals surface area contributed by atoms with E-state index < -0.39 is 22.2 Å². The molecule has 130 valence electrons. The molecule has 0 unspecified atom stereocenters. The number of rotatable bonds is 4. The van der Waals surface area contributed by atoms with Crippen LogP contribution in [0.4, 0.5) is 14.5 Å². The van der Waals surface area contributed by atoms with Crippen LogP contribution in [0, 0.1) is 21.7 Å². The van der Waals surface area contributed by atoms with Crippen molar-refractivity contribution in [1.82, 2.24) is 9.55 Å². The van der Waals surface area contributed by atoms with Crippen LogP contribution in [-0.2, 0) is 7.05 Å². The van der Waals surface area contributed by atoms with Crippen molar-refractivity contribution in [2.75, 3.05) is 7.11 Å². The quantitative estimate of drug-likeness (QED) is 0.469. The van der Waals surface area contributed by atoms with Gasteiger partial charge in [-0.2, -0.15) is 4.39 Å². The molecule has 0 amide bonds. The van der Waals surface area contributed by atoms with E-state index in [1.54, 1.807) is 7.05 Å². The zero-order valence-electron chi connectivity index (χ0n) is 12.9. The van der Waals surface area contributed by atoms with Gasteiger partial charge in [-0.25, -0.2) is 9.37 Å². The highest BCUT2D eigenvalue weighted by molar-refractivity contribution is 9.10. The number of aromatic nitrogens is 2. The number of nitrogens with zero attached hydrogens (tertiary/aromatic N) is 3. The van der Waals surface area contributed by atoms with Crippen LogP contribution in [0.3, 0.4) is 0 Å². The second-order valence-corrected chi connectivity index (χ2v) is 5.83. The Bertz CT molecular complexity index is 1010. The summed E-state index contributed by atoms with van der Waals surface area (Å²) in [6.07, 6.45) is 1.45. The summed E-state index contributed by atoms with van der Waals surface area (Å²) in [5, 5.41) is 11.0. The van der Waals surface area contributed by atoms with Gasteiger partial charge in [-0.1, -0.05) is 0 Å². The number of nitro benzene ring substituents is 1. The van der Waals surface area contributed by atoms with Crippen molar-refractivity contribution in [3.8, 4) is 17.2 Å². The molecular weight excluding hydrogens is 404 g/mol. The molecule has 10 heteroatoms. The summed E-state index contributed by atoms with van der Waals surface area (Å²) in [4.78, 5) is 14.1. The summed E-state index contributed by atoms with van der Waals surface area (Å²) in [5.74, 6) is -2.09. The summed E-state index contributed by atoms with van der Waals surface area (Å²) >= 11 is 2.92. The fourth-order valence-corrected chi connectivity index (χ4v) is 2.75. The summed E-state index contributed by atoms with van der Waals surface area (Å²) in [5.41, 5.74) is -0.185. The minimum Gasteiger partial charge on any atom is -0.490 e. The smallest absolute Gasteiger partial charge is 0.347 e. The zero-order chi connectivity index (χ0) is 18.3. The molecular formula is C15H10BrF2N3O4. The Morgan fingerprint density at radius 1 is 1.28 bits per heavy atom. The molecule has 0 aliphatic carbocycles. The molecule has 1 aromatic heterocycles. The second-order valence-electron chi connectivity index (χ2n) is 5.04. The minimum atomic E-state index is -1.15. The van der Waals surface area contributed by atoms with Gasteiger partial charge in [0.1, 0.15) is 21.5 Å². The lowest BCUT2D eigenvalue weighted by atomic mass is 10.2. The molecule has 2 aromatic carbocycles. The summed E-state index contributed by atoms with van der Waals surface area (Å²) in [6, 6.07) is 3.73. The van der Waals surface area contributed by atoms with Crippen molar-refractivity contribution in [1.29, 1.82) is 0 Å². The van der Waals surface area contributed by atoms with Crippen molar-refractivity contribution in [3.05, 3.63) is 50.7 Å². The number of benzene rings is 2. The fourth-order valence-electron chi connectivity index (χ4n) is 2.37. The maximum absolute atomic E-state index is 14.3. The minimum absolute atomic E-state index is 0.0553. The first-order valence-corrected chi connectivity index (χ1v) is 7.61. The monoisotopic (exact) mass is 413 g/mol. The molecule has 0 bridgehead atoms. The molecule has 0 saturated heterocycles. The summed E-state index contributed by atoms with van der Waals surface area (Å²) in [6.45, 7) is 0. The number of hydrogen-bond acceptors (Lipinski definition) is 5. The largest absolute Gasteiger partial charge is 0.490 e. The first kappa shape index (κ1) is 17.1. The van der Waals surface area contributed by atoms with E-state index in [-0.39, 0.29) is 21.7 Å². The number of aryl methyl sites for hydroxylation is 1. The highest BCUT2D eigenvalue weighted by Crippen LogP contribution is 2.42. The number of nitro groups is 1. The molecule has 1 heterocycles. The van der Waals surface area contributed by atoms with E-state index in [2.05, 4.69) is 20.9 Å². The molecule has 0 saturated carbocycles. The van der Waals surface area contributed by atoms with E-state index in [0.717, 1.165) is 12.1 Å². The van der Waals surface area contributed by atoms with E-state index in [4.69, 9.17) is 9.47 Å². The zero-order valence-corrected chi connectivity index (χ0v) is 14.5. The van der Waals surface area contributed by atoms with Gasteiger partial charge >= 0.3 is 5.69 Å². The van der Waals surface area contributed by atoms with Crippen LogP contribution in [0.25, 0.3) is 11.0 Å². The van der Waals surface area contributed by atoms with Crippen LogP contribution >= 0.6 is 15.9 Å². The van der Waals surface area contributed by atoms with Crippen molar-refractivity contribution < 1.29 is 23.2 Å². The molecule has 3 rings (SSSR count). The number of ether oxygens (including phenoxy) is 2. The van der Waals surface area contributed by atoms with Crippen molar-refractivity contribution in [3.63, 3.8) is 0 Å². The number of imidazole rings is 1. The SMILES string of the molecule is COc1cc(Oc2cc(F)c3c(c2)ncn3C)c(Br)c(F)c1[N+](=O)[O-].